The lowest BCUT2D eigenvalue weighted by Crippen LogP contribution is -2.26. The number of nitrogens with one attached hydrogen (secondary N) is 1. The van der Waals surface area contributed by atoms with Crippen LogP contribution in [0.5, 0.6) is 11.5 Å². The van der Waals surface area contributed by atoms with Gasteiger partial charge in [0.1, 0.15) is 5.82 Å². The number of aliphatic imine (C=N–C) groups is 1. The van der Waals surface area contributed by atoms with Crippen LogP contribution in [0.1, 0.15) is 11.1 Å². The number of pyridine rings is 1. The van der Waals surface area contributed by atoms with Gasteiger partial charge in [0, 0.05) is 49.2 Å². The van der Waals surface area contributed by atoms with Crippen molar-refractivity contribution < 1.29 is 9.47 Å². The number of allylic oxidation sites excluding steroid dienone is 2. The molecule has 2 heterocycles. The zero-order valence-electron chi connectivity index (χ0n) is 16.3. The zero-order valence-corrected chi connectivity index (χ0v) is 17.9. The smallest absolute Gasteiger partial charge is 0.231 e. The van der Waals surface area contributed by atoms with Crippen LogP contribution in [0.4, 0.5) is 0 Å². The van der Waals surface area contributed by atoms with Crippen molar-refractivity contribution >= 4 is 27.9 Å². The van der Waals surface area contributed by atoms with E-state index in [1.807, 2.05) is 49.7 Å². The highest BCUT2D eigenvalue weighted by molar-refractivity contribution is 9.12. The molecule has 0 spiro atoms. The highest BCUT2D eigenvalue weighted by Crippen LogP contribution is 2.32. The minimum absolute atomic E-state index is 0.235. The number of aromatic nitrogens is 1. The topological polar surface area (TPSA) is 71.3 Å². The monoisotopic (exact) mass is 455 g/mol. The summed E-state index contributed by atoms with van der Waals surface area (Å²) in [5.74, 6) is 2.21. The highest BCUT2D eigenvalue weighted by Gasteiger charge is 2.15. The van der Waals surface area contributed by atoms with Crippen molar-refractivity contribution in [3.63, 3.8) is 0 Å². The third-order valence-corrected chi connectivity index (χ3v) is 4.30. The molecule has 0 radical (unpaired) electrons. The first-order chi connectivity index (χ1) is 14.1. The number of hydrogen-bond acceptors (Lipinski definition) is 7. The number of hydrazone groups is 1. The molecule has 0 aliphatic carbocycles. The van der Waals surface area contributed by atoms with Crippen LogP contribution < -0.4 is 14.8 Å². The molecule has 1 aliphatic heterocycles. The summed E-state index contributed by atoms with van der Waals surface area (Å²) in [4.78, 5) is 8.60. The molecule has 7 nitrogen and oxygen atoms in total. The molecule has 0 saturated carbocycles. The quantitative estimate of drug-likeness (QED) is 0.485. The first-order valence-corrected chi connectivity index (χ1v) is 9.69. The van der Waals surface area contributed by atoms with Crippen molar-refractivity contribution in [1.82, 2.24) is 15.3 Å². The van der Waals surface area contributed by atoms with Gasteiger partial charge in [-0.3, -0.25) is 15.0 Å². The van der Waals surface area contributed by atoms with Crippen molar-refractivity contribution in [1.29, 1.82) is 0 Å². The van der Waals surface area contributed by atoms with E-state index in [0.29, 0.717) is 16.8 Å². The second-order valence-corrected chi connectivity index (χ2v) is 7.15. The van der Waals surface area contributed by atoms with E-state index in [4.69, 9.17) is 9.47 Å². The van der Waals surface area contributed by atoms with E-state index in [-0.39, 0.29) is 6.79 Å². The van der Waals surface area contributed by atoms with Crippen molar-refractivity contribution in [3.05, 3.63) is 76.8 Å². The van der Waals surface area contributed by atoms with Crippen LogP contribution >= 0.6 is 15.9 Å². The molecular formula is C21H22BrN5O2. The Morgan fingerprint density at radius 3 is 2.90 bits per heavy atom. The zero-order chi connectivity index (χ0) is 20.6. The second-order valence-electron chi connectivity index (χ2n) is 6.14. The van der Waals surface area contributed by atoms with Gasteiger partial charge in [-0.2, -0.15) is 5.10 Å². The largest absolute Gasteiger partial charge is 0.454 e. The number of benzene rings is 1. The SMILES string of the molecule is C=C(Br)/C=N\N(C)/C(=C\C(=N/C)c1ccc2c(c1)OCO2)NCc1cccnc1. The summed E-state index contributed by atoms with van der Waals surface area (Å²) in [6.07, 6.45) is 7.13. The Balaban J connectivity index is 1.87. The summed E-state index contributed by atoms with van der Waals surface area (Å²) in [5, 5.41) is 9.51. The molecule has 2 aromatic rings. The number of hydrogen-bond donors (Lipinski definition) is 1. The summed E-state index contributed by atoms with van der Waals surface area (Å²) in [6, 6.07) is 9.67. The Labute approximate surface area is 178 Å². The number of nitrogens with zero attached hydrogens (tertiary/aromatic N) is 4. The van der Waals surface area contributed by atoms with Crippen LogP contribution in [0.3, 0.4) is 0 Å². The summed E-state index contributed by atoms with van der Waals surface area (Å²) in [5.41, 5.74) is 2.75. The second kappa shape index (κ2) is 9.88. The Hall–Kier alpha value is -3.13. The lowest BCUT2D eigenvalue weighted by Gasteiger charge is -2.19. The lowest BCUT2D eigenvalue weighted by atomic mass is 10.1. The maximum absolute atomic E-state index is 5.49. The highest BCUT2D eigenvalue weighted by atomic mass is 79.9. The van der Waals surface area contributed by atoms with Gasteiger partial charge in [-0.1, -0.05) is 12.6 Å². The third kappa shape index (κ3) is 5.68. The first kappa shape index (κ1) is 20.6. The maximum atomic E-state index is 5.49. The molecule has 0 atom stereocenters. The van der Waals surface area contributed by atoms with Crippen LogP contribution in [0.2, 0.25) is 0 Å². The number of halogens is 1. The predicted octanol–water partition coefficient (Wildman–Crippen LogP) is 3.69. The predicted molar refractivity (Wildman–Crippen MR) is 119 cm³/mol. The average molecular weight is 456 g/mol. The van der Waals surface area contributed by atoms with Crippen molar-refractivity contribution in [2.45, 2.75) is 6.54 Å². The number of fused-ring (bicyclic) bond motifs is 1. The fourth-order valence-corrected chi connectivity index (χ4v) is 2.72. The summed E-state index contributed by atoms with van der Waals surface area (Å²) < 4.78 is 11.6. The summed E-state index contributed by atoms with van der Waals surface area (Å²) >= 11 is 3.29. The van der Waals surface area contributed by atoms with Crippen LogP contribution in [-0.4, -0.2) is 42.8 Å². The summed E-state index contributed by atoms with van der Waals surface area (Å²) in [6.45, 7) is 4.61. The van der Waals surface area contributed by atoms with Crippen LogP contribution in [-0.2, 0) is 6.54 Å². The molecule has 150 valence electrons. The summed E-state index contributed by atoms with van der Waals surface area (Å²) in [7, 11) is 3.60. The van der Waals surface area contributed by atoms with Crippen molar-refractivity contribution in [2.24, 2.45) is 10.1 Å². The number of rotatable bonds is 8. The van der Waals surface area contributed by atoms with E-state index in [9.17, 15) is 0 Å². The van der Waals surface area contributed by atoms with E-state index in [0.717, 1.165) is 28.4 Å². The molecule has 8 heteroatoms. The minimum atomic E-state index is 0.235. The Kier molecular flexibility index (Phi) is 7.02. The van der Waals surface area contributed by atoms with E-state index >= 15 is 0 Å². The molecule has 1 aromatic carbocycles. The van der Waals surface area contributed by atoms with Gasteiger partial charge in [0.15, 0.2) is 11.5 Å². The van der Waals surface area contributed by atoms with Gasteiger partial charge in [-0.15, -0.1) is 0 Å². The molecule has 0 saturated heterocycles. The standard InChI is InChI=1S/C21H22BrN5O2/c1-15(22)11-26-27(3)21(25-13-16-5-4-8-24-12-16)10-18(23-2)17-6-7-19-20(9-17)29-14-28-19/h4-12,25H,1,13-14H2,2-3H3/b21-10-,23-18+,26-11-. The van der Waals surface area contributed by atoms with E-state index in [2.05, 4.69) is 42.9 Å². The van der Waals surface area contributed by atoms with Crippen molar-refractivity contribution in [3.8, 4) is 11.5 Å². The number of ether oxygens (including phenoxy) is 2. The van der Waals surface area contributed by atoms with Gasteiger partial charge in [0.05, 0.1) is 11.9 Å². The van der Waals surface area contributed by atoms with Crippen molar-refractivity contribution in [2.75, 3.05) is 20.9 Å². The van der Waals surface area contributed by atoms with Gasteiger partial charge in [0.25, 0.3) is 0 Å². The van der Waals surface area contributed by atoms with Gasteiger partial charge < -0.3 is 14.8 Å². The molecular weight excluding hydrogens is 434 g/mol. The maximum Gasteiger partial charge on any atom is 0.231 e. The molecule has 0 bridgehead atoms. The fourth-order valence-electron chi connectivity index (χ4n) is 2.63. The van der Waals surface area contributed by atoms with Gasteiger partial charge >= 0.3 is 0 Å². The van der Waals surface area contributed by atoms with Gasteiger partial charge in [0.2, 0.25) is 6.79 Å². The van der Waals surface area contributed by atoms with Crippen LogP contribution in [0, 0.1) is 0 Å². The first-order valence-electron chi connectivity index (χ1n) is 8.90. The van der Waals surface area contributed by atoms with Gasteiger partial charge in [-0.25, -0.2) is 0 Å². The Morgan fingerprint density at radius 2 is 2.17 bits per heavy atom. The van der Waals surface area contributed by atoms with Gasteiger partial charge in [-0.05, 0) is 45.8 Å². The Bertz CT molecular complexity index is 957. The molecule has 0 unspecified atom stereocenters. The van der Waals surface area contributed by atoms with E-state index in [1.54, 1.807) is 24.5 Å². The lowest BCUT2D eigenvalue weighted by molar-refractivity contribution is 0.174. The molecule has 0 amide bonds. The third-order valence-electron chi connectivity index (χ3n) is 4.10. The van der Waals surface area contributed by atoms with E-state index in [1.165, 1.54) is 0 Å². The average Bonchev–Trinajstić information content (AvgIpc) is 3.21. The molecule has 1 aliphatic rings. The van der Waals surface area contributed by atoms with Crippen LogP contribution in [0.25, 0.3) is 0 Å². The minimum Gasteiger partial charge on any atom is -0.454 e. The molecule has 1 aromatic heterocycles. The molecule has 3 rings (SSSR count). The molecule has 1 N–H and O–H groups in total. The molecule has 29 heavy (non-hydrogen) atoms. The normalized spacial score (nSPS) is 13.6. The fraction of sp³-hybridized carbons (Fsp3) is 0.190. The molecule has 0 fully saturated rings. The Morgan fingerprint density at radius 1 is 1.34 bits per heavy atom. The van der Waals surface area contributed by atoms with E-state index < -0.39 is 0 Å². The van der Waals surface area contributed by atoms with Crippen LogP contribution in [0.15, 0.2) is 75.8 Å².